The maximum Gasteiger partial charge on any atom is 0.216 e. The molecule has 0 unspecified atom stereocenters. The van der Waals surface area contributed by atoms with Crippen molar-refractivity contribution in [2.45, 2.75) is 0 Å². The van der Waals surface area contributed by atoms with Crippen molar-refractivity contribution in [2.24, 2.45) is 0 Å². The molecule has 0 radical (unpaired) electrons. The zero-order valence-corrected chi connectivity index (χ0v) is 9.91. The minimum absolute atomic E-state index is 0.0218. The third-order valence-corrected chi connectivity index (χ3v) is 2.38. The van der Waals surface area contributed by atoms with Crippen LogP contribution in [0.15, 0.2) is 18.3 Å². The number of nitrogens with zero attached hydrogens (tertiary/aromatic N) is 4. The number of aromatic nitrogens is 4. The second-order valence-electron chi connectivity index (χ2n) is 3.30. The summed E-state index contributed by atoms with van der Waals surface area (Å²) < 4.78 is 26.4. The molecule has 0 fully saturated rings. The first-order chi connectivity index (χ1) is 9.11. The summed E-state index contributed by atoms with van der Waals surface area (Å²) in [6, 6.07) is 3.51. The summed E-state index contributed by atoms with van der Waals surface area (Å²) in [6.07, 6.45) is 1.16. The highest BCUT2D eigenvalue weighted by Gasteiger charge is 2.09. The minimum Gasteiger partial charge on any atom is -0.358 e. The molecule has 1 aromatic carbocycles. The van der Waals surface area contributed by atoms with Gasteiger partial charge in [0.2, 0.25) is 5.82 Å². The van der Waals surface area contributed by atoms with Gasteiger partial charge >= 0.3 is 0 Å². The van der Waals surface area contributed by atoms with Crippen molar-refractivity contribution in [2.75, 3.05) is 5.32 Å². The van der Waals surface area contributed by atoms with E-state index in [1.54, 1.807) is 6.07 Å². The van der Waals surface area contributed by atoms with E-state index in [0.29, 0.717) is 6.07 Å². The van der Waals surface area contributed by atoms with E-state index >= 15 is 0 Å². The van der Waals surface area contributed by atoms with Crippen molar-refractivity contribution in [3.8, 4) is 6.07 Å². The van der Waals surface area contributed by atoms with Crippen LogP contribution in [-0.2, 0) is 0 Å². The molecule has 0 amide bonds. The summed E-state index contributed by atoms with van der Waals surface area (Å²) >= 11 is 5.53. The second-order valence-corrected chi connectivity index (χ2v) is 3.70. The van der Waals surface area contributed by atoms with Gasteiger partial charge in [-0.1, -0.05) is 11.6 Å². The summed E-state index contributed by atoms with van der Waals surface area (Å²) in [6.45, 7) is 0. The number of benzene rings is 1. The van der Waals surface area contributed by atoms with Gasteiger partial charge in [0, 0.05) is 12.3 Å². The molecule has 0 aliphatic rings. The Hall–Kier alpha value is -2.53. The highest BCUT2D eigenvalue weighted by atomic mass is 35.5. The van der Waals surface area contributed by atoms with Crippen molar-refractivity contribution in [1.29, 1.82) is 5.26 Å². The van der Waals surface area contributed by atoms with Crippen LogP contribution in [0.3, 0.4) is 0 Å². The van der Waals surface area contributed by atoms with Gasteiger partial charge in [-0.15, -0.1) is 10.2 Å². The van der Waals surface area contributed by atoms with Crippen LogP contribution in [0.2, 0.25) is 5.02 Å². The standard InChI is InChI=1S/C10H5ClF2N6/c11-6-1-9(8(13)2-7(6)12)15-4-5(3-14)10-16-18-19-17-10/h1-2,4,15H,(H,16,17,18,19). The molecule has 2 N–H and O–H groups in total. The lowest BCUT2D eigenvalue weighted by Gasteiger charge is -2.04. The summed E-state index contributed by atoms with van der Waals surface area (Å²) in [5, 5.41) is 23.8. The van der Waals surface area contributed by atoms with Gasteiger partial charge in [0.1, 0.15) is 23.3 Å². The fraction of sp³-hybridized carbons (Fsp3) is 0. The van der Waals surface area contributed by atoms with Gasteiger partial charge in [-0.3, -0.25) is 0 Å². The Morgan fingerprint density at radius 2 is 2.21 bits per heavy atom. The number of aromatic amines is 1. The molecule has 0 aliphatic carbocycles. The van der Waals surface area contributed by atoms with Gasteiger partial charge in [0.15, 0.2) is 0 Å². The fourth-order valence-corrected chi connectivity index (χ4v) is 1.37. The van der Waals surface area contributed by atoms with Crippen molar-refractivity contribution in [3.05, 3.63) is 40.8 Å². The van der Waals surface area contributed by atoms with E-state index in [0.717, 1.165) is 12.3 Å². The van der Waals surface area contributed by atoms with Crippen LogP contribution in [0, 0.1) is 23.0 Å². The number of tetrazole rings is 1. The summed E-state index contributed by atoms with van der Waals surface area (Å²) in [5.74, 6) is -1.67. The Bertz CT molecular complexity index is 661. The Balaban J connectivity index is 2.27. The van der Waals surface area contributed by atoms with Crippen LogP contribution in [0.5, 0.6) is 0 Å². The predicted octanol–water partition coefficient (Wildman–Crippen LogP) is 2.11. The monoisotopic (exact) mass is 282 g/mol. The predicted molar refractivity (Wildman–Crippen MR) is 62.8 cm³/mol. The van der Waals surface area contributed by atoms with E-state index in [2.05, 4.69) is 25.9 Å². The van der Waals surface area contributed by atoms with Crippen LogP contribution >= 0.6 is 11.6 Å². The molecule has 2 aromatic rings. The SMILES string of the molecule is N#CC(=CNc1cc(Cl)c(F)cc1F)c1nn[nH]n1. The third kappa shape index (κ3) is 2.83. The molecule has 19 heavy (non-hydrogen) atoms. The molecule has 0 saturated carbocycles. The van der Waals surface area contributed by atoms with Crippen molar-refractivity contribution >= 4 is 22.9 Å². The van der Waals surface area contributed by atoms with Crippen LogP contribution in [0.25, 0.3) is 5.57 Å². The first-order valence-electron chi connectivity index (χ1n) is 4.87. The number of hydrogen-bond acceptors (Lipinski definition) is 5. The number of hydrogen-bond donors (Lipinski definition) is 2. The number of allylic oxidation sites excluding steroid dienone is 1. The van der Waals surface area contributed by atoms with Crippen molar-refractivity contribution in [1.82, 2.24) is 20.6 Å². The Kier molecular flexibility index (Phi) is 3.68. The first-order valence-corrected chi connectivity index (χ1v) is 5.24. The third-order valence-electron chi connectivity index (χ3n) is 2.09. The molecule has 2 rings (SSSR count). The maximum absolute atomic E-state index is 13.4. The zero-order chi connectivity index (χ0) is 13.8. The van der Waals surface area contributed by atoms with Gasteiger partial charge in [0.25, 0.3) is 0 Å². The van der Waals surface area contributed by atoms with E-state index in [9.17, 15) is 8.78 Å². The van der Waals surface area contributed by atoms with Crippen LogP contribution in [-0.4, -0.2) is 20.6 Å². The van der Waals surface area contributed by atoms with Crippen molar-refractivity contribution < 1.29 is 8.78 Å². The van der Waals surface area contributed by atoms with Gasteiger partial charge in [-0.25, -0.2) is 8.78 Å². The molecule has 0 atom stereocenters. The zero-order valence-electron chi connectivity index (χ0n) is 9.15. The largest absolute Gasteiger partial charge is 0.358 e. The van der Waals surface area contributed by atoms with Gasteiger partial charge in [-0.05, 0) is 11.3 Å². The Morgan fingerprint density at radius 1 is 1.42 bits per heavy atom. The van der Waals surface area contributed by atoms with Crippen molar-refractivity contribution in [3.63, 3.8) is 0 Å². The number of H-pyrrole nitrogens is 1. The van der Waals surface area contributed by atoms with E-state index < -0.39 is 11.6 Å². The molecule has 1 heterocycles. The summed E-state index contributed by atoms with van der Waals surface area (Å²) in [4.78, 5) is 0. The maximum atomic E-state index is 13.4. The van der Waals surface area contributed by atoms with Gasteiger partial charge < -0.3 is 5.32 Å². The number of halogens is 3. The molecule has 1 aromatic heterocycles. The van der Waals surface area contributed by atoms with E-state index in [1.165, 1.54) is 0 Å². The average Bonchev–Trinajstić information content (AvgIpc) is 2.90. The molecule has 0 saturated heterocycles. The van der Waals surface area contributed by atoms with E-state index in [4.69, 9.17) is 16.9 Å². The van der Waals surface area contributed by atoms with E-state index in [-0.39, 0.29) is 22.1 Å². The molecule has 6 nitrogen and oxygen atoms in total. The molecular weight excluding hydrogens is 278 g/mol. The van der Waals surface area contributed by atoms with Gasteiger partial charge in [-0.2, -0.15) is 10.5 Å². The quantitative estimate of drug-likeness (QED) is 0.664. The number of nitrogens with one attached hydrogen (secondary N) is 2. The summed E-state index contributed by atoms with van der Waals surface area (Å²) in [7, 11) is 0. The van der Waals surface area contributed by atoms with E-state index in [1.807, 2.05) is 0 Å². The Morgan fingerprint density at radius 3 is 2.84 bits per heavy atom. The molecule has 9 heteroatoms. The molecule has 96 valence electrons. The molecule has 0 bridgehead atoms. The highest BCUT2D eigenvalue weighted by Crippen LogP contribution is 2.23. The Labute approximate surface area is 110 Å². The molecule has 0 spiro atoms. The first kappa shape index (κ1) is 12.9. The average molecular weight is 283 g/mol. The van der Waals surface area contributed by atoms with Gasteiger partial charge in [0.05, 0.1) is 10.7 Å². The smallest absolute Gasteiger partial charge is 0.216 e. The number of anilines is 1. The normalized spacial score (nSPS) is 11.2. The second kappa shape index (κ2) is 5.41. The number of nitriles is 1. The highest BCUT2D eigenvalue weighted by molar-refractivity contribution is 6.31. The van der Waals surface area contributed by atoms with Crippen LogP contribution in [0.4, 0.5) is 14.5 Å². The van der Waals surface area contributed by atoms with Crippen LogP contribution in [0.1, 0.15) is 5.82 Å². The minimum atomic E-state index is -0.868. The lowest BCUT2D eigenvalue weighted by atomic mass is 10.2. The molecular formula is C10H5ClF2N6. The summed E-state index contributed by atoms with van der Waals surface area (Å²) in [5.41, 5.74) is -0.0590. The lowest BCUT2D eigenvalue weighted by Crippen LogP contribution is -1.96. The molecule has 0 aliphatic heterocycles. The lowest BCUT2D eigenvalue weighted by molar-refractivity contribution is 0.586. The van der Waals surface area contributed by atoms with Crippen LogP contribution < -0.4 is 5.32 Å². The number of rotatable bonds is 3. The fourth-order valence-electron chi connectivity index (χ4n) is 1.21. The topological polar surface area (TPSA) is 90.3 Å².